The first-order valence-corrected chi connectivity index (χ1v) is 14.2. The van der Waals surface area contributed by atoms with E-state index in [4.69, 9.17) is 21.1 Å². The van der Waals surface area contributed by atoms with Gasteiger partial charge in [-0.3, -0.25) is 0 Å². The van der Waals surface area contributed by atoms with Gasteiger partial charge in [0.25, 0.3) is 0 Å². The predicted molar refractivity (Wildman–Crippen MR) is 150 cm³/mol. The molecular formula is C27H42ClIO2S. The van der Waals surface area contributed by atoms with Crippen LogP contribution < -0.4 is 4.74 Å². The number of hydrogen-bond donors (Lipinski definition) is 0. The van der Waals surface area contributed by atoms with Gasteiger partial charge in [-0.15, -0.1) is 11.8 Å². The van der Waals surface area contributed by atoms with Crippen LogP contribution in [-0.4, -0.2) is 18.5 Å². The normalized spacial score (nSPS) is 21.8. The molecule has 182 valence electrons. The van der Waals surface area contributed by atoms with Gasteiger partial charge in [0.05, 0.1) is 16.8 Å². The molecule has 1 aliphatic heterocycles. The summed E-state index contributed by atoms with van der Waals surface area (Å²) in [6.45, 7) is 16.9. The van der Waals surface area contributed by atoms with Crippen molar-refractivity contribution in [2.24, 2.45) is 5.41 Å². The van der Waals surface area contributed by atoms with Crippen molar-refractivity contribution in [1.29, 1.82) is 0 Å². The molecule has 0 N–H and O–H groups in total. The molecule has 2 nitrogen and oxygen atoms in total. The lowest BCUT2D eigenvalue weighted by atomic mass is 9.75. The lowest BCUT2D eigenvalue weighted by Gasteiger charge is -2.42. The van der Waals surface area contributed by atoms with Crippen molar-refractivity contribution < 1.29 is 9.47 Å². The summed E-state index contributed by atoms with van der Waals surface area (Å²) in [5.41, 5.74) is 4.68. The van der Waals surface area contributed by atoms with Crippen molar-refractivity contribution in [1.82, 2.24) is 0 Å². The Morgan fingerprint density at radius 1 is 1.22 bits per heavy atom. The van der Waals surface area contributed by atoms with E-state index >= 15 is 0 Å². The van der Waals surface area contributed by atoms with Crippen LogP contribution in [0.1, 0.15) is 104 Å². The number of fused-ring (bicyclic) bond motifs is 1. The van der Waals surface area contributed by atoms with Crippen LogP contribution in [0.4, 0.5) is 0 Å². The Bertz CT molecular complexity index is 800. The number of methoxy groups -OCH3 is 1. The molecule has 0 spiro atoms. The first-order valence-electron chi connectivity index (χ1n) is 11.9. The molecule has 5 heteroatoms. The second-order valence-corrected chi connectivity index (χ2v) is 13.7. The summed E-state index contributed by atoms with van der Waals surface area (Å²) in [6.07, 6.45) is 8.66. The third-order valence-corrected chi connectivity index (χ3v) is 9.63. The Balaban J connectivity index is 2.59. The molecular weight excluding hydrogens is 551 g/mol. The topological polar surface area (TPSA) is 18.5 Å². The van der Waals surface area contributed by atoms with Gasteiger partial charge in [-0.1, -0.05) is 59.2 Å². The highest BCUT2D eigenvalue weighted by molar-refractivity contribution is 14.1. The molecule has 0 aromatic heterocycles. The summed E-state index contributed by atoms with van der Waals surface area (Å²) in [5.74, 6) is 1.01. The smallest absolute Gasteiger partial charge is 0.139 e. The van der Waals surface area contributed by atoms with Crippen LogP contribution in [0.15, 0.2) is 22.6 Å². The van der Waals surface area contributed by atoms with Gasteiger partial charge >= 0.3 is 0 Å². The van der Waals surface area contributed by atoms with Crippen molar-refractivity contribution in [2.45, 2.75) is 108 Å². The van der Waals surface area contributed by atoms with Gasteiger partial charge in [-0.2, -0.15) is 0 Å². The Kier molecular flexibility index (Phi) is 10.3. The molecule has 1 aromatic carbocycles. The Hall–Kier alpha value is 0.0900. The van der Waals surface area contributed by atoms with Gasteiger partial charge < -0.3 is 9.47 Å². The highest BCUT2D eigenvalue weighted by Crippen LogP contribution is 2.57. The van der Waals surface area contributed by atoms with Crippen molar-refractivity contribution in [2.75, 3.05) is 13.7 Å². The van der Waals surface area contributed by atoms with E-state index in [2.05, 4.69) is 83.2 Å². The molecule has 32 heavy (non-hydrogen) atoms. The maximum absolute atomic E-state index is 6.35. The molecule has 0 saturated carbocycles. The zero-order valence-corrected chi connectivity index (χ0v) is 25.0. The summed E-state index contributed by atoms with van der Waals surface area (Å²) in [6, 6.07) is 2.46. The molecule has 1 heterocycles. The zero-order valence-electron chi connectivity index (χ0n) is 21.2. The predicted octanol–water partition coefficient (Wildman–Crippen LogP) is 9.66. The average Bonchev–Trinajstić information content (AvgIpc) is 2.72. The quantitative estimate of drug-likeness (QED) is 0.252. The summed E-state index contributed by atoms with van der Waals surface area (Å²) in [5, 5.41) is 0. The minimum atomic E-state index is 0.0615. The van der Waals surface area contributed by atoms with Crippen LogP contribution in [0.5, 0.6) is 5.75 Å². The standard InChI is InChI=1S/C27H42ClIO2S/c1-9-27(13-11-12-16-28)18-20(31-10-2)22-21(32-27)17-19(23(29)24(22)30-8)26(6,7)15-14-25(3,4)5/h12,16-17,20H,9-11,13-15,18H2,1-8H3/b16-12+. The monoisotopic (exact) mass is 592 g/mol. The maximum atomic E-state index is 6.35. The van der Waals surface area contributed by atoms with Crippen molar-refractivity contribution in [3.63, 3.8) is 0 Å². The molecule has 2 rings (SSSR count). The Morgan fingerprint density at radius 3 is 2.44 bits per heavy atom. The molecule has 2 unspecified atom stereocenters. The van der Waals surface area contributed by atoms with E-state index in [1.165, 1.54) is 26.0 Å². The third-order valence-electron chi connectivity index (χ3n) is 6.73. The van der Waals surface area contributed by atoms with Crippen molar-refractivity contribution in [3.8, 4) is 5.75 Å². The van der Waals surface area contributed by atoms with Gasteiger partial charge in [-0.25, -0.2) is 0 Å². The number of allylic oxidation sites excluding steroid dienone is 1. The first kappa shape index (κ1) is 28.3. The molecule has 0 saturated heterocycles. The molecule has 2 atom stereocenters. The van der Waals surface area contributed by atoms with E-state index in [1.807, 2.05) is 18.9 Å². The number of thioether (sulfide) groups is 1. The highest BCUT2D eigenvalue weighted by atomic mass is 127. The van der Waals surface area contributed by atoms with Crippen LogP contribution in [0.25, 0.3) is 0 Å². The minimum absolute atomic E-state index is 0.0615. The Morgan fingerprint density at radius 2 is 1.91 bits per heavy atom. The molecule has 0 radical (unpaired) electrons. The fraction of sp³-hybridized carbons (Fsp3) is 0.704. The van der Waals surface area contributed by atoms with E-state index in [0.29, 0.717) is 12.0 Å². The van der Waals surface area contributed by atoms with E-state index in [1.54, 1.807) is 5.54 Å². The summed E-state index contributed by atoms with van der Waals surface area (Å²) in [7, 11) is 1.81. The van der Waals surface area contributed by atoms with Crippen LogP contribution >= 0.6 is 46.0 Å². The van der Waals surface area contributed by atoms with Gasteiger partial charge in [0.1, 0.15) is 5.75 Å². The summed E-state index contributed by atoms with van der Waals surface area (Å²) in [4.78, 5) is 1.34. The molecule has 1 aliphatic rings. The minimum Gasteiger partial charge on any atom is -0.495 e. The summed E-state index contributed by atoms with van der Waals surface area (Å²) < 4.78 is 13.8. The molecule has 0 amide bonds. The number of benzene rings is 1. The molecule has 0 aliphatic carbocycles. The van der Waals surface area contributed by atoms with Crippen LogP contribution in [0.3, 0.4) is 0 Å². The lowest BCUT2D eigenvalue weighted by Crippen LogP contribution is -2.32. The largest absolute Gasteiger partial charge is 0.495 e. The molecule has 0 bridgehead atoms. The van der Waals surface area contributed by atoms with Crippen LogP contribution in [-0.2, 0) is 10.2 Å². The first-order chi connectivity index (χ1) is 14.9. The van der Waals surface area contributed by atoms with Gasteiger partial charge in [0.2, 0.25) is 0 Å². The fourth-order valence-corrected chi connectivity index (χ4v) is 7.64. The van der Waals surface area contributed by atoms with Crippen molar-refractivity contribution >= 4 is 46.0 Å². The maximum Gasteiger partial charge on any atom is 0.139 e. The molecule has 0 fully saturated rings. The third kappa shape index (κ3) is 6.82. The highest BCUT2D eigenvalue weighted by Gasteiger charge is 2.42. The van der Waals surface area contributed by atoms with E-state index < -0.39 is 0 Å². The SMILES string of the molecule is CCOC1CC(CC)(CC/C=C/Cl)Sc2cc(C(C)(C)CCC(C)(C)C)c(I)c(OC)c21. The van der Waals surface area contributed by atoms with E-state index in [0.717, 1.165) is 37.9 Å². The summed E-state index contributed by atoms with van der Waals surface area (Å²) >= 11 is 10.4. The van der Waals surface area contributed by atoms with E-state index in [9.17, 15) is 0 Å². The van der Waals surface area contributed by atoms with Crippen LogP contribution in [0, 0.1) is 8.99 Å². The van der Waals surface area contributed by atoms with Gasteiger partial charge in [0.15, 0.2) is 0 Å². The number of rotatable bonds is 10. The lowest BCUT2D eigenvalue weighted by molar-refractivity contribution is 0.0408. The van der Waals surface area contributed by atoms with Crippen molar-refractivity contribution in [3.05, 3.63) is 32.4 Å². The second-order valence-electron chi connectivity index (χ2n) is 10.8. The zero-order chi connectivity index (χ0) is 24.2. The Labute approximate surface area is 219 Å². The van der Waals surface area contributed by atoms with E-state index in [-0.39, 0.29) is 16.3 Å². The fourth-order valence-electron chi connectivity index (χ4n) is 4.54. The number of halogens is 2. The average molecular weight is 593 g/mol. The second kappa shape index (κ2) is 11.7. The van der Waals surface area contributed by atoms with Gasteiger partial charge in [-0.05, 0) is 90.5 Å². The molecule has 1 aromatic rings. The van der Waals surface area contributed by atoms with Gasteiger partial charge in [0, 0.05) is 27.3 Å². The number of hydrogen-bond acceptors (Lipinski definition) is 3. The number of ether oxygens (including phenoxy) is 2. The van der Waals surface area contributed by atoms with Crippen LogP contribution in [0.2, 0.25) is 0 Å².